The Morgan fingerprint density at radius 1 is 0.929 bits per heavy atom. The van der Waals surface area contributed by atoms with Crippen LogP contribution in [0.5, 0.6) is 0 Å². The van der Waals surface area contributed by atoms with E-state index in [1.807, 2.05) is 23.1 Å². The first-order chi connectivity index (χ1) is 13.8. The molecule has 3 heterocycles. The molecule has 0 aromatic carbocycles. The molecule has 1 aliphatic carbocycles. The van der Waals surface area contributed by atoms with Crippen LogP contribution in [0.3, 0.4) is 0 Å². The van der Waals surface area contributed by atoms with Crippen molar-refractivity contribution in [2.45, 2.75) is 44.6 Å². The number of amides is 1. The van der Waals surface area contributed by atoms with Gasteiger partial charge in [-0.05, 0) is 31.0 Å². The Morgan fingerprint density at radius 2 is 1.64 bits per heavy atom. The van der Waals surface area contributed by atoms with E-state index in [0.29, 0.717) is 24.8 Å². The molecule has 28 heavy (non-hydrogen) atoms. The van der Waals surface area contributed by atoms with Gasteiger partial charge in [0.2, 0.25) is 5.95 Å². The van der Waals surface area contributed by atoms with Gasteiger partial charge in [0.25, 0.3) is 5.91 Å². The highest BCUT2D eigenvalue weighted by Crippen LogP contribution is 2.21. The van der Waals surface area contributed by atoms with Gasteiger partial charge >= 0.3 is 0 Å². The summed E-state index contributed by atoms with van der Waals surface area (Å²) >= 11 is 0. The number of pyridine rings is 1. The highest BCUT2D eigenvalue weighted by molar-refractivity contribution is 5.92. The fourth-order valence-electron chi connectivity index (χ4n) is 3.99. The van der Waals surface area contributed by atoms with Crippen LogP contribution >= 0.6 is 0 Å². The quantitative estimate of drug-likeness (QED) is 0.822. The molecular weight excluding hydrogens is 352 g/mol. The normalized spacial score (nSPS) is 18.6. The van der Waals surface area contributed by atoms with Crippen molar-refractivity contribution in [1.29, 1.82) is 0 Å². The molecule has 0 spiro atoms. The topological polar surface area (TPSA) is 74.2 Å². The smallest absolute Gasteiger partial charge is 0.272 e. The number of rotatable bonds is 4. The number of nitrogens with one attached hydrogen (secondary N) is 1. The van der Waals surface area contributed by atoms with Crippen molar-refractivity contribution in [3.8, 4) is 0 Å². The van der Waals surface area contributed by atoms with E-state index in [2.05, 4.69) is 25.2 Å². The number of hydrogen-bond donors (Lipinski definition) is 1. The minimum Gasteiger partial charge on any atom is -0.381 e. The molecule has 0 unspecified atom stereocenters. The van der Waals surface area contributed by atoms with Crippen LogP contribution in [0.1, 0.15) is 49.0 Å². The fourth-order valence-corrected chi connectivity index (χ4v) is 3.99. The molecule has 1 saturated heterocycles. The lowest BCUT2D eigenvalue weighted by Gasteiger charge is -2.34. The Kier molecular flexibility index (Phi) is 5.99. The Balaban J connectivity index is 1.31. The van der Waals surface area contributed by atoms with Gasteiger partial charge in [0.15, 0.2) is 0 Å². The summed E-state index contributed by atoms with van der Waals surface area (Å²) in [5, 5.41) is 3.58. The second-order valence-corrected chi connectivity index (χ2v) is 7.59. The van der Waals surface area contributed by atoms with Gasteiger partial charge in [0.05, 0.1) is 11.9 Å². The van der Waals surface area contributed by atoms with Gasteiger partial charge in [-0.15, -0.1) is 0 Å². The molecule has 1 saturated carbocycles. The van der Waals surface area contributed by atoms with Crippen LogP contribution in [0.15, 0.2) is 36.8 Å². The SMILES string of the molecule is O=C(c1ccc(NC2CCCCCC2)cn1)N1CCN(c2ncccn2)CC1. The van der Waals surface area contributed by atoms with Gasteiger partial charge in [0, 0.05) is 44.6 Å². The Hall–Kier alpha value is -2.70. The molecule has 4 rings (SSSR count). The zero-order valence-electron chi connectivity index (χ0n) is 16.3. The zero-order chi connectivity index (χ0) is 19.2. The van der Waals surface area contributed by atoms with Crippen molar-refractivity contribution in [3.63, 3.8) is 0 Å². The first-order valence-electron chi connectivity index (χ1n) is 10.3. The number of carbonyl (C=O) groups is 1. The van der Waals surface area contributed by atoms with Crippen molar-refractivity contribution >= 4 is 17.5 Å². The van der Waals surface area contributed by atoms with E-state index in [-0.39, 0.29) is 5.91 Å². The maximum Gasteiger partial charge on any atom is 0.272 e. The molecule has 0 radical (unpaired) electrons. The Bertz CT molecular complexity index is 750. The third-order valence-electron chi connectivity index (χ3n) is 5.61. The second-order valence-electron chi connectivity index (χ2n) is 7.59. The van der Waals surface area contributed by atoms with E-state index in [4.69, 9.17) is 0 Å². The van der Waals surface area contributed by atoms with Crippen LogP contribution in [-0.2, 0) is 0 Å². The molecule has 2 aromatic heterocycles. The fraction of sp³-hybridized carbons (Fsp3) is 0.524. The van der Waals surface area contributed by atoms with Crippen molar-refractivity contribution < 1.29 is 4.79 Å². The third-order valence-corrected chi connectivity index (χ3v) is 5.61. The lowest BCUT2D eigenvalue weighted by Crippen LogP contribution is -2.49. The lowest BCUT2D eigenvalue weighted by atomic mass is 10.1. The minimum absolute atomic E-state index is 0.00496. The van der Waals surface area contributed by atoms with E-state index in [1.54, 1.807) is 18.6 Å². The van der Waals surface area contributed by atoms with Crippen molar-refractivity contribution in [2.24, 2.45) is 0 Å². The minimum atomic E-state index is -0.00496. The summed E-state index contributed by atoms with van der Waals surface area (Å²) in [7, 11) is 0. The molecular formula is C21H28N6O. The number of aromatic nitrogens is 3. The van der Waals surface area contributed by atoms with Gasteiger partial charge in [0.1, 0.15) is 5.69 Å². The Labute approximate surface area is 166 Å². The number of anilines is 2. The van der Waals surface area contributed by atoms with Crippen molar-refractivity contribution in [1.82, 2.24) is 19.9 Å². The number of hydrogen-bond acceptors (Lipinski definition) is 6. The molecule has 2 aliphatic rings. The summed E-state index contributed by atoms with van der Waals surface area (Å²) in [5.74, 6) is 0.719. The van der Waals surface area contributed by atoms with Gasteiger partial charge in [-0.1, -0.05) is 25.7 Å². The molecule has 1 N–H and O–H groups in total. The molecule has 1 amide bonds. The summed E-state index contributed by atoms with van der Waals surface area (Å²) in [6, 6.07) is 6.16. The van der Waals surface area contributed by atoms with Crippen LogP contribution in [0.25, 0.3) is 0 Å². The molecule has 1 aliphatic heterocycles. The highest BCUT2D eigenvalue weighted by atomic mass is 16.2. The van der Waals surface area contributed by atoms with E-state index < -0.39 is 0 Å². The van der Waals surface area contributed by atoms with E-state index in [9.17, 15) is 4.79 Å². The molecule has 2 aromatic rings. The monoisotopic (exact) mass is 380 g/mol. The van der Waals surface area contributed by atoms with Crippen LogP contribution in [-0.4, -0.2) is 58.0 Å². The first kappa shape index (κ1) is 18.7. The average molecular weight is 380 g/mol. The predicted molar refractivity (Wildman–Crippen MR) is 109 cm³/mol. The second kappa shape index (κ2) is 8.99. The average Bonchev–Trinajstić information content (AvgIpc) is 3.03. The summed E-state index contributed by atoms with van der Waals surface area (Å²) < 4.78 is 0. The van der Waals surface area contributed by atoms with E-state index in [1.165, 1.54) is 38.5 Å². The predicted octanol–water partition coefficient (Wildman–Crippen LogP) is 2.97. The zero-order valence-corrected chi connectivity index (χ0v) is 16.3. The molecule has 0 bridgehead atoms. The standard InChI is InChI=1S/C21H28N6O/c28-20(26-12-14-27(15-13-26)21-22-10-5-11-23-21)19-9-8-18(16-24-19)25-17-6-3-1-2-4-7-17/h5,8-11,16-17,25H,1-4,6-7,12-15H2. The van der Waals surface area contributed by atoms with Crippen molar-refractivity contribution in [3.05, 3.63) is 42.5 Å². The van der Waals surface area contributed by atoms with Gasteiger partial charge in [-0.3, -0.25) is 4.79 Å². The molecule has 2 fully saturated rings. The maximum absolute atomic E-state index is 12.8. The van der Waals surface area contributed by atoms with E-state index in [0.717, 1.165) is 24.7 Å². The summed E-state index contributed by atoms with van der Waals surface area (Å²) in [6.07, 6.45) is 13.0. The molecule has 0 atom stereocenters. The van der Waals surface area contributed by atoms with Crippen LogP contribution in [0.2, 0.25) is 0 Å². The van der Waals surface area contributed by atoms with Crippen LogP contribution < -0.4 is 10.2 Å². The summed E-state index contributed by atoms with van der Waals surface area (Å²) in [5.41, 5.74) is 1.52. The molecule has 7 nitrogen and oxygen atoms in total. The largest absolute Gasteiger partial charge is 0.381 e. The lowest BCUT2D eigenvalue weighted by molar-refractivity contribution is 0.0740. The van der Waals surface area contributed by atoms with Gasteiger partial charge < -0.3 is 15.1 Å². The summed E-state index contributed by atoms with van der Waals surface area (Å²) in [6.45, 7) is 2.77. The van der Waals surface area contributed by atoms with Crippen LogP contribution in [0, 0.1) is 0 Å². The molecule has 148 valence electrons. The first-order valence-corrected chi connectivity index (χ1v) is 10.3. The van der Waals surface area contributed by atoms with Gasteiger partial charge in [-0.25, -0.2) is 15.0 Å². The number of carbonyl (C=O) groups excluding carboxylic acids is 1. The van der Waals surface area contributed by atoms with Crippen LogP contribution in [0.4, 0.5) is 11.6 Å². The number of piperazine rings is 1. The number of nitrogens with zero attached hydrogens (tertiary/aromatic N) is 5. The van der Waals surface area contributed by atoms with Gasteiger partial charge in [-0.2, -0.15) is 0 Å². The molecule has 7 heteroatoms. The van der Waals surface area contributed by atoms with E-state index >= 15 is 0 Å². The van der Waals surface area contributed by atoms with Crippen molar-refractivity contribution in [2.75, 3.05) is 36.4 Å². The maximum atomic E-state index is 12.8. The third kappa shape index (κ3) is 4.58. The summed E-state index contributed by atoms with van der Waals surface area (Å²) in [4.78, 5) is 29.8. The Morgan fingerprint density at radius 3 is 2.29 bits per heavy atom. The highest BCUT2D eigenvalue weighted by Gasteiger charge is 2.24.